The fourth-order valence-corrected chi connectivity index (χ4v) is 4.52. The van der Waals surface area contributed by atoms with Gasteiger partial charge in [-0.25, -0.2) is 0 Å². The van der Waals surface area contributed by atoms with Gasteiger partial charge in [-0.05, 0) is 61.8 Å². The Labute approximate surface area is 157 Å². The lowest BCUT2D eigenvalue weighted by Crippen LogP contribution is -2.30. The molecular formula is C22H32N2O2. The highest BCUT2D eigenvalue weighted by atomic mass is 16.2. The minimum atomic E-state index is 0.121. The van der Waals surface area contributed by atoms with Crippen LogP contribution in [-0.4, -0.2) is 11.8 Å². The van der Waals surface area contributed by atoms with Crippen LogP contribution in [0.2, 0.25) is 0 Å². The molecule has 2 aliphatic rings. The van der Waals surface area contributed by atoms with E-state index >= 15 is 0 Å². The fourth-order valence-electron chi connectivity index (χ4n) is 4.52. The number of rotatable bonds is 4. The molecule has 2 aliphatic carbocycles. The van der Waals surface area contributed by atoms with Crippen molar-refractivity contribution < 1.29 is 9.59 Å². The normalized spacial score (nSPS) is 29.0. The number of nitrogens with one attached hydrogen (secondary N) is 2. The Balaban J connectivity index is 1.54. The van der Waals surface area contributed by atoms with Gasteiger partial charge in [-0.1, -0.05) is 39.5 Å². The second-order valence-corrected chi connectivity index (χ2v) is 8.29. The molecule has 1 aromatic rings. The van der Waals surface area contributed by atoms with E-state index in [1.54, 1.807) is 0 Å². The van der Waals surface area contributed by atoms with Gasteiger partial charge in [0.05, 0.1) is 0 Å². The third kappa shape index (κ3) is 4.66. The largest absolute Gasteiger partial charge is 0.326 e. The zero-order chi connectivity index (χ0) is 18.5. The van der Waals surface area contributed by atoms with E-state index in [1.165, 1.54) is 12.8 Å². The number of benzene rings is 1. The standard InChI is InChI=1S/C22H32N2O2/c1-15-7-3-5-9-19(15)21(25)23-17-11-13-18(14-12-17)24-22(26)20-10-6-4-8-16(20)2/h11-16,19-20H,3-10H2,1-2H3,(H,23,25)(H,24,26). The molecule has 4 heteroatoms. The Morgan fingerprint density at radius 3 is 1.38 bits per heavy atom. The molecule has 4 nitrogen and oxygen atoms in total. The van der Waals surface area contributed by atoms with E-state index in [1.807, 2.05) is 24.3 Å². The lowest BCUT2D eigenvalue weighted by atomic mass is 9.80. The van der Waals surface area contributed by atoms with Crippen molar-refractivity contribution in [1.29, 1.82) is 0 Å². The minimum absolute atomic E-state index is 0.121. The molecule has 2 amide bonds. The van der Waals surface area contributed by atoms with Crippen LogP contribution in [0.3, 0.4) is 0 Å². The molecular weight excluding hydrogens is 324 g/mol. The third-order valence-corrected chi connectivity index (χ3v) is 6.32. The number of hydrogen-bond donors (Lipinski definition) is 2. The van der Waals surface area contributed by atoms with Gasteiger partial charge in [0.25, 0.3) is 0 Å². The molecule has 0 aliphatic heterocycles. The molecule has 2 fully saturated rings. The third-order valence-electron chi connectivity index (χ3n) is 6.32. The van der Waals surface area contributed by atoms with Crippen LogP contribution >= 0.6 is 0 Å². The molecule has 0 radical (unpaired) electrons. The number of anilines is 2. The smallest absolute Gasteiger partial charge is 0.227 e. The first-order valence-electron chi connectivity index (χ1n) is 10.3. The monoisotopic (exact) mass is 356 g/mol. The predicted octanol–water partition coefficient (Wildman–Crippen LogP) is 5.22. The highest BCUT2D eigenvalue weighted by Crippen LogP contribution is 2.32. The van der Waals surface area contributed by atoms with Gasteiger partial charge in [-0.2, -0.15) is 0 Å². The first kappa shape index (κ1) is 18.9. The number of amides is 2. The van der Waals surface area contributed by atoms with Crippen LogP contribution in [-0.2, 0) is 9.59 Å². The van der Waals surface area contributed by atoms with E-state index in [2.05, 4.69) is 24.5 Å². The van der Waals surface area contributed by atoms with Crippen LogP contribution in [0.25, 0.3) is 0 Å². The molecule has 0 spiro atoms. The average molecular weight is 357 g/mol. The molecule has 0 heterocycles. The van der Waals surface area contributed by atoms with Crippen molar-refractivity contribution in [2.24, 2.45) is 23.7 Å². The maximum atomic E-state index is 12.5. The molecule has 4 atom stereocenters. The van der Waals surface area contributed by atoms with E-state index in [9.17, 15) is 9.59 Å². The van der Waals surface area contributed by atoms with Gasteiger partial charge < -0.3 is 10.6 Å². The van der Waals surface area contributed by atoms with Gasteiger partial charge in [0.15, 0.2) is 0 Å². The maximum Gasteiger partial charge on any atom is 0.227 e. The van der Waals surface area contributed by atoms with Crippen molar-refractivity contribution in [3.05, 3.63) is 24.3 Å². The molecule has 3 rings (SSSR count). The van der Waals surface area contributed by atoms with Crippen molar-refractivity contribution in [3.8, 4) is 0 Å². The van der Waals surface area contributed by atoms with Gasteiger partial charge >= 0.3 is 0 Å². The second-order valence-electron chi connectivity index (χ2n) is 8.29. The Morgan fingerprint density at radius 2 is 1.04 bits per heavy atom. The van der Waals surface area contributed by atoms with E-state index in [4.69, 9.17) is 0 Å². The SMILES string of the molecule is CC1CCCCC1C(=O)Nc1ccc(NC(=O)C2CCCCC2C)cc1. The Kier molecular flexibility index (Phi) is 6.33. The second kappa shape index (κ2) is 8.70. The summed E-state index contributed by atoms with van der Waals surface area (Å²) in [7, 11) is 0. The van der Waals surface area contributed by atoms with Crippen molar-refractivity contribution in [1.82, 2.24) is 0 Å². The fraction of sp³-hybridized carbons (Fsp3) is 0.636. The molecule has 0 aromatic heterocycles. The molecule has 26 heavy (non-hydrogen) atoms. The van der Waals surface area contributed by atoms with Crippen LogP contribution in [0.1, 0.15) is 65.2 Å². The number of carbonyl (C=O) groups excluding carboxylic acids is 2. The van der Waals surface area contributed by atoms with Gasteiger partial charge in [-0.15, -0.1) is 0 Å². The highest BCUT2D eigenvalue weighted by Gasteiger charge is 2.28. The van der Waals surface area contributed by atoms with E-state index < -0.39 is 0 Å². The molecule has 4 unspecified atom stereocenters. The van der Waals surface area contributed by atoms with Gasteiger partial charge in [0.1, 0.15) is 0 Å². The number of hydrogen-bond acceptors (Lipinski definition) is 2. The van der Waals surface area contributed by atoms with Crippen molar-refractivity contribution in [3.63, 3.8) is 0 Å². The first-order valence-corrected chi connectivity index (χ1v) is 10.3. The zero-order valence-corrected chi connectivity index (χ0v) is 16.1. The first-order chi connectivity index (χ1) is 12.5. The summed E-state index contributed by atoms with van der Waals surface area (Å²) in [4.78, 5) is 25.0. The Morgan fingerprint density at radius 1 is 0.692 bits per heavy atom. The summed E-state index contributed by atoms with van der Waals surface area (Å²) in [6.45, 7) is 4.35. The molecule has 142 valence electrons. The van der Waals surface area contributed by atoms with E-state index in [-0.39, 0.29) is 23.7 Å². The summed E-state index contributed by atoms with van der Waals surface area (Å²) in [5.74, 6) is 1.42. The predicted molar refractivity (Wildman–Crippen MR) is 106 cm³/mol. The summed E-state index contributed by atoms with van der Waals surface area (Å²) in [6, 6.07) is 7.52. The zero-order valence-electron chi connectivity index (χ0n) is 16.1. The van der Waals surface area contributed by atoms with Crippen LogP contribution in [0.15, 0.2) is 24.3 Å². The lowest BCUT2D eigenvalue weighted by Gasteiger charge is -2.28. The lowest BCUT2D eigenvalue weighted by molar-refractivity contribution is -0.123. The minimum Gasteiger partial charge on any atom is -0.326 e. The van der Waals surface area contributed by atoms with Crippen LogP contribution < -0.4 is 10.6 Å². The van der Waals surface area contributed by atoms with E-state index in [0.29, 0.717) is 11.8 Å². The Hall–Kier alpha value is -1.84. The van der Waals surface area contributed by atoms with Gasteiger partial charge in [0, 0.05) is 23.2 Å². The van der Waals surface area contributed by atoms with Crippen molar-refractivity contribution >= 4 is 23.2 Å². The van der Waals surface area contributed by atoms with E-state index in [0.717, 1.165) is 49.9 Å². The average Bonchev–Trinajstić information content (AvgIpc) is 2.64. The summed E-state index contributed by atoms with van der Waals surface area (Å²) < 4.78 is 0. The van der Waals surface area contributed by atoms with Gasteiger partial charge in [0.2, 0.25) is 11.8 Å². The molecule has 0 saturated heterocycles. The summed E-state index contributed by atoms with van der Waals surface area (Å²) >= 11 is 0. The summed E-state index contributed by atoms with van der Waals surface area (Å²) in [6.07, 6.45) is 9.02. The molecule has 2 N–H and O–H groups in total. The Bertz CT molecular complexity index is 571. The molecule has 0 bridgehead atoms. The van der Waals surface area contributed by atoms with Crippen LogP contribution in [0.4, 0.5) is 11.4 Å². The van der Waals surface area contributed by atoms with Crippen LogP contribution in [0, 0.1) is 23.7 Å². The number of carbonyl (C=O) groups is 2. The van der Waals surface area contributed by atoms with Crippen molar-refractivity contribution in [2.45, 2.75) is 65.2 Å². The summed E-state index contributed by atoms with van der Waals surface area (Å²) in [5, 5.41) is 6.08. The van der Waals surface area contributed by atoms with Crippen LogP contribution in [0.5, 0.6) is 0 Å². The molecule has 2 saturated carbocycles. The topological polar surface area (TPSA) is 58.2 Å². The van der Waals surface area contributed by atoms with Crippen molar-refractivity contribution in [2.75, 3.05) is 10.6 Å². The maximum absolute atomic E-state index is 12.5. The summed E-state index contributed by atoms with van der Waals surface area (Å²) in [5.41, 5.74) is 1.61. The van der Waals surface area contributed by atoms with Gasteiger partial charge in [-0.3, -0.25) is 9.59 Å². The molecule has 1 aromatic carbocycles. The quantitative estimate of drug-likeness (QED) is 0.777. The highest BCUT2D eigenvalue weighted by molar-refractivity contribution is 5.94.